The lowest BCUT2D eigenvalue weighted by Crippen LogP contribution is -2.42. The molecule has 0 aromatic heterocycles. The molecule has 1 fully saturated rings. The Morgan fingerprint density at radius 3 is 2.46 bits per heavy atom. The molecule has 0 radical (unpaired) electrons. The second kappa shape index (κ2) is 3.69. The van der Waals surface area contributed by atoms with E-state index in [0.29, 0.717) is 12.0 Å². The first-order valence-corrected chi connectivity index (χ1v) is 5.29. The molecule has 1 saturated carbocycles. The summed E-state index contributed by atoms with van der Waals surface area (Å²) in [7, 11) is 0. The quantitative estimate of drug-likeness (QED) is 0.712. The average molecular weight is 183 g/mol. The van der Waals surface area contributed by atoms with E-state index in [1.165, 1.54) is 12.8 Å². The van der Waals surface area contributed by atoms with Gasteiger partial charge in [-0.15, -0.1) is 0 Å². The molecule has 0 aromatic rings. The fraction of sp³-hybridized carbons (Fsp3) is 0.909. The summed E-state index contributed by atoms with van der Waals surface area (Å²) < 4.78 is 0. The predicted molar refractivity (Wildman–Crippen MR) is 54.4 cm³/mol. The van der Waals surface area contributed by atoms with Crippen LogP contribution in [0.5, 0.6) is 0 Å². The van der Waals surface area contributed by atoms with Crippen LogP contribution in [-0.2, 0) is 4.79 Å². The molecule has 1 amide bonds. The zero-order chi connectivity index (χ0) is 10.1. The molecule has 1 atom stereocenters. The summed E-state index contributed by atoms with van der Waals surface area (Å²) in [5.74, 6) is 0.848. The molecule has 0 bridgehead atoms. The van der Waals surface area contributed by atoms with Gasteiger partial charge in [0.1, 0.15) is 0 Å². The molecule has 13 heavy (non-hydrogen) atoms. The first-order valence-electron chi connectivity index (χ1n) is 5.29. The van der Waals surface area contributed by atoms with E-state index in [0.717, 1.165) is 6.42 Å². The highest BCUT2D eigenvalue weighted by atomic mass is 16.2. The van der Waals surface area contributed by atoms with Crippen LogP contribution in [0.15, 0.2) is 0 Å². The van der Waals surface area contributed by atoms with E-state index in [1.807, 2.05) is 0 Å². The Hall–Kier alpha value is -0.530. The summed E-state index contributed by atoms with van der Waals surface area (Å²) in [6.45, 7) is 8.26. The minimum absolute atomic E-state index is 0.149. The van der Waals surface area contributed by atoms with E-state index in [4.69, 9.17) is 0 Å². The molecule has 1 N–H and O–H groups in total. The van der Waals surface area contributed by atoms with Gasteiger partial charge in [-0.05, 0) is 32.1 Å². The van der Waals surface area contributed by atoms with Crippen LogP contribution in [0.25, 0.3) is 0 Å². The molecule has 0 heterocycles. The van der Waals surface area contributed by atoms with Crippen molar-refractivity contribution in [3.05, 3.63) is 0 Å². The number of amides is 1. The Kier molecular flexibility index (Phi) is 2.99. The van der Waals surface area contributed by atoms with Gasteiger partial charge in [0.15, 0.2) is 0 Å². The van der Waals surface area contributed by atoms with E-state index in [9.17, 15) is 4.79 Å². The Labute approximate surface area is 81.1 Å². The third-order valence-corrected chi connectivity index (χ3v) is 3.17. The van der Waals surface area contributed by atoms with Crippen LogP contribution in [0.2, 0.25) is 0 Å². The van der Waals surface area contributed by atoms with Crippen molar-refractivity contribution >= 4 is 5.91 Å². The Morgan fingerprint density at radius 2 is 2.08 bits per heavy atom. The number of rotatable bonds is 4. The fourth-order valence-corrected chi connectivity index (χ4v) is 1.50. The lowest BCUT2D eigenvalue weighted by Gasteiger charge is -2.25. The zero-order valence-electron chi connectivity index (χ0n) is 9.18. The summed E-state index contributed by atoms with van der Waals surface area (Å²) in [5.41, 5.74) is -0.149. The minimum atomic E-state index is -0.149. The van der Waals surface area contributed by atoms with Crippen molar-refractivity contribution in [2.75, 3.05) is 0 Å². The van der Waals surface area contributed by atoms with E-state index < -0.39 is 0 Å². The van der Waals surface area contributed by atoms with Crippen molar-refractivity contribution in [3.8, 4) is 0 Å². The summed E-state index contributed by atoms with van der Waals surface area (Å²) in [5, 5.41) is 3.05. The highest BCUT2D eigenvalue weighted by Gasteiger charge is 2.43. The summed E-state index contributed by atoms with van der Waals surface area (Å²) >= 11 is 0. The molecule has 0 saturated heterocycles. The van der Waals surface area contributed by atoms with Crippen LogP contribution >= 0.6 is 0 Å². The van der Waals surface area contributed by atoms with Gasteiger partial charge < -0.3 is 5.32 Å². The zero-order valence-corrected chi connectivity index (χ0v) is 9.18. The molecule has 0 spiro atoms. The van der Waals surface area contributed by atoms with Crippen LogP contribution in [0.3, 0.4) is 0 Å². The summed E-state index contributed by atoms with van der Waals surface area (Å²) in [6, 6.07) is 0.311. The molecule has 1 unspecified atom stereocenters. The minimum Gasteiger partial charge on any atom is -0.353 e. The van der Waals surface area contributed by atoms with Gasteiger partial charge in [0.25, 0.3) is 0 Å². The lowest BCUT2D eigenvalue weighted by atomic mass is 9.86. The van der Waals surface area contributed by atoms with Crippen LogP contribution in [0, 0.1) is 11.3 Å². The van der Waals surface area contributed by atoms with Gasteiger partial charge in [-0.2, -0.15) is 0 Å². The van der Waals surface area contributed by atoms with Gasteiger partial charge in [0.2, 0.25) is 5.91 Å². The molecule has 1 aliphatic rings. The monoisotopic (exact) mass is 183 g/mol. The number of nitrogens with one attached hydrogen (secondary N) is 1. The van der Waals surface area contributed by atoms with Gasteiger partial charge >= 0.3 is 0 Å². The van der Waals surface area contributed by atoms with Gasteiger partial charge in [0, 0.05) is 11.5 Å². The third-order valence-electron chi connectivity index (χ3n) is 3.17. The maximum atomic E-state index is 11.8. The molecule has 1 rings (SSSR count). The Bertz CT molecular complexity index is 194. The smallest absolute Gasteiger partial charge is 0.226 e. The third kappa shape index (κ3) is 2.45. The predicted octanol–water partition coefficient (Wildman–Crippen LogP) is 2.34. The molecule has 76 valence electrons. The fourth-order valence-electron chi connectivity index (χ4n) is 1.50. The summed E-state index contributed by atoms with van der Waals surface area (Å²) in [4.78, 5) is 11.8. The van der Waals surface area contributed by atoms with E-state index in [-0.39, 0.29) is 11.3 Å². The Morgan fingerprint density at radius 1 is 1.54 bits per heavy atom. The number of hydrogen-bond donors (Lipinski definition) is 1. The second-order valence-corrected chi connectivity index (χ2v) is 4.78. The van der Waals surface area contributed by atoms with Gasteiger partial charge in [-0.25, -0.2) is 0 Å². The normalized spacial score (nSPS) is 19.7. The van der Waals surface area contributed by atoms with Crippen molar-refractivity contribution in [1.29, 1.82) is 0 Å². The number of carbonyl (C=O) groups is 1. The van der Waals surface area contributed by atoms with Crippen LogP contribution < -0.4 is 5.32 Å². The molecular formula is C11H21NO. The van der Waals surface area contributed by atoms with E-state index >= 15 is 0 Å². The molecular weight excluding hydrogens is 162 g/mol. The Balaban J connectivity index is 2.45. The maximum Gasteiger partial charge on any atom is 0.226 e. The number of hydrogen-bond acceptors (Lipinski definition) is 1. The highest BCUT2D eigenvalue weighted by Crippen LogP contribution is 2.45. The van der Waals surface area contributed by atoms with Crippen molar-refractivity contribution in [1.82, 2.24) is 5.32 Å². The topological polar surface area (TPSA) is 29.1 Å². The van der Waals surface area contributed by atoms with Crippen LogP contribution in [0.1, 0.15) is 47.0 Å². The SMILES string of the molecule is CCC(C)NC(=O)C(C)(C)C1CC1. The first-order chi connectivity index (χ1) is 5.98. The molecule has 1 aliphatic carbocycles. The molecule has 2 nitrogen and oxygen atoms in total. The molecule has 2 heteroatoms. The van der Waals surface area contributed by atoms with Gasteiger partial charge in [0.05, 0.1) is 0 Å². The number of carbonyl (C=O) groups excluding carboxylic acids is 1. The highest BCUT2D eigenvalue weighted by molar-refractivity contribution is 5.82. The molecule has 0 aromatic carbocycles. The van der Waals surface area contributed by atoms with Crippen molar-refractivity contribution in [2.24, 2.45) is 11.3 Å². The van der Waals surface area contributed by atoms with Crippen LogP contribution in [-0.4, -0.2) is 11.9 Å². The average Bonchev–Trinajstić information content (AvgIpc) is 2.86. The van der Waals surface area contributed by atoms with Crippen LogP contribution in [0.4, 0.5) is 0 Å². The van der Waals surface area contributed by atoms with Gasteiger partial charge in [-0.3, -0.25) is 4.79 Å². The molecule has 0 aliphatic heterocycles. The van der Waals surface area contributed by atoms with E-state index in [2.05, 4.69) is 33.0 Å². The largest absolute Gasteiger partial charge is 0.353 e. The lowest BCUT2D eigenvalue weighted by molar-refractivity contribution is -0.131. The standard InChI is InChI=1S/C11H21NO/c1-5-8(2)12-10(13)11(3,4)9-6-7-9/h8-9H,5-7H2,1-4H3,(H,12,13). The van der Waals surface area contributed by atoms with Crippen molar-refractivity contribution in [3.63, 3.8) is 0 Å². The first kappa shape index (κ1) is 10.6. The summed E-state index contributed by atoms with van der Waals surface area (Å²) in [6.07, 6.45) is 3.45. The second-order valence-electron chi connectivity index (χ2n) is 4.78. The van der Waals surface area contributed by atoms with Crippen molar-refractivity contribution in [2.45, 2.75) is 53.0 Å². The maximum absolute atomic E-state index is 11.8. The van der Waals surface area contributed by atoms with E-state index in [1.54, 1.807) is 0 Å². The van der Waals surface area contributed by atoms with Crippen molar-refractivity contribution < 1.29 is 4.79 Å². The van der Waals surface area contributed by atoms with Gasteiger partial charge in [-0.1, -0.05) is 20.8 Å².